The van der Waals surface area contributed by atoms with Crippen molar-refractivity contribution < 1.29 is 19.5 Å². The van der Waals surface area contributed by atoms with Crippen LogP contribution in [-0.2, 0) is 14.4 Å². The van der Waals surface area contributed by atoms with E-state index in [9.17, 15) is 14.4 Å². The van der Waals surface area contributed by atoms with Gasteiger partial charge in [0.05, 0.1) is 12.5 Å². The average Bonchev–Trinajstić information content (AvgIpc) is 2.55. The molecule has 2 N–H and O–H groups in total. The van der Waals surface area contributed by atoms with Crippen molar-refractivity contribution in [3.63, 3.8) is 0 Å². The SMILES string of the molecule is CCC(CNC(=O)CN1CCCCCC1=O)C(=O)O. The Morgan fingerprint density at radius 1 is 1.37 bits per heavy atom. The third-order valence-corrected chi connectivity index (χ3v) is 3.39. The van der Waals surface area contributed by atoms with Crippen molar-refractivity contribution in [2.45, 2.75) is 39.0 Å². The topological polar surface area (TPSA) is 86.7 Å². The van der Waals surface area contributed by atoms with E-state index in [1.807, 2.05) is 0 Å². The zero-order valence-electron chi connectivity index (χ0n) is 11.4. The predicted molar refractivity (Wildman–Crippen MR) is 69.5 cm³/mol. The molecule has 19 heavy (non-hydrogen) atoms. The molecule has 1 saturated heterocycles. The molecule has 6 nitrogen and oxygen atoms in total. The van der Waals surface area contributed by atoms with E-state index in [0.717, 1.165) is 19.3 Å². The Hall–Kier alpha value is -1.59. The monoisotopic (exact) mass is 270 g/mol. The van der Waals surface area contributed by atoms with Gasteiger partial charge < -0.3 is 15.3 Å². The summed E-state index contributed by atoms with van der Waals surface area (Å²) in [7, 11) is 0. The molecule has 1 rings (SSSR count). The molecule has 2 amide bonds. The highest BCUT2D eigenvalue weighted by Crippen LogP contribution is 2.10. The Bertz CT molecular complexity index is 344. The number of amides is 2. The van der Waals surface area contributed by atoms with Gasteiger partial charge in [0.2, 0.25) is 11.8 Å². The molecule has 0 radical (unpaired) electrons. The zero-order chi connectivity index (χ0) is 14.3. The second-order valence-corrected chi connectivity index (χ2v) is 4.87. The Morgan fingerprint density at radius 2 is 2.11 bits per heavy atom. The van der Waals surface area contributed by atoms with Crippen LogP contribution in [0.3, 0.4) is 0 Å². The van der Waals surface area contributed by atoms with E-state index in [0.29, 0.717) is 19.4 Å². The molecule has 0 aliphatic carbocycles. The average molecular weight is 270 g/mol. The first-order chi connectivity index (χ1) is 9.04. The number of hydrogen-bond acceptors (Lipinski definition) is 3. The Labute approximate surface area is 113 Å². The fourth-order valence-corrected chi connectivity index (χ4v) is 2.08. The molecule has 0 bridgehead atoms. The van der Waals surface area contributed by atoms with Gasteiger partial charge >= 0.3 is 5.97 Å². The maximum Gasteiger partial charge on any atom is 0.308 e. The van der Waals surface area contributed by atoms with Crippen molar-refractivity contribution in [2.75, 3.05) is 19.6 Å². The summed E-state index contributed by atoms with van der Waals surface area (Å²) in [6.45, 7) is 2.53. The van der Waals surface area contributed by atoms with Gasteiger partial charge in [0.1, 0.15) is 0 Å². The molecular formula is C13H22N2O4. The van der Waals surface area contributed by atoms with Crippen LogP contribution in [0.15, 0.2) is 0 Å². The van der Waals surface area contributed by atoms with E-state index >= 15 is 0 Å². The van der Waals surface area contributed by atoms with Crippen LogP contribution in [0.1, 0.15) is 39.0 Å². The van der Waals surface area contributed by atoms with Gasteiger partial charge in [-0.3, -0.25) is 14.4 Å². The standard InChI is InChI=1S/C13H22N2O4/c1-2-10(13(18)19)8-14-11(16)9-15-7-5-3-4-6-12(15)17/h10H,2-9H2,1H3,(H,14,16)(H,18,19). The molecule has 0 saturated carbocycles. The minimum atomic E-state index is -0.909. The number of likely N-dealkylation sites (tertiary alicyclic amines) is 1. The number of hydrogen-bond donors (Lipinski definition) is 2. The molecule has 1 aliphatic rings. The van der Waals surface area contributed by atoms with Crippen LogP contribution in [0, 0.1) is 5.92 Å². The van der Waals surface area contributed by atoms with Gasteiger partial charge in [-0.1, -0.05) is 13.3 Å². The van der Waals surface area contributed by atoms with E-state index in [1.165, 1.54) is 0 Å². The Kier molecular flexibility index (Phi) is 6.32. The van der Waals surface area contributed by atoms with E-state index in [1.54, 1.807) is 11.8 Å². The van der Waals surface area contributed by atoms with Gasteiger partial charge in [-0.2, -0.15) is 0 Å². The molecule has 0 aromatic carbocycles. The first-order valence-electron chi connectivity index (χ1n) is 6.81. The van der Waals surface area contributed by atoms with E-state index in [2.05, 4.69) is 5.32 Å². The first-order valence-corrected chi connectivity index (χ1v) is 6.81. The summed E-state index contributed by atoms with van der Waals surface area (Å²) in [5.74, 6) is -1.75. The summed E-state index contributed by atoms with van der Waals surface area (Å²) in [6, 6.07) is 0. The molecule has 1 heterocycles. The van der Waals surface area contributed by atoms with E-state index < -0.39 is 11.9 Å². The second-order valence-electron chi connectivity index (χ2n) is 4.87. The summed E-state index contributed by atoms with van der Waals surface area (Å²) < 4.78 is 0. The van der Waals surface area contributed by atoms with Crippen molar-refractivity contribution in [3.8, 4) is 0 Å². The number of nitrogens with zero attached hydrogens (tertiary/aromatic N) is 1. The van der Waals surface area contributed by atoms with Crippen LogP contribution in [0.25, 0.3) is 0 Å². The summed E-state index contributed by atoms with van der Waals surface area (Å²) in [5, 5.41) is 11.5. The van der Waals surface area contributed by atoms with E-state index in [-0.39, 0.29) is 24.9 Å². The summed E-state index contributed by atoms with van der Waals surface area (Å²) in [4.78, 5) is 35.8. The molecule has 6 heteroatoms. The lowest BCUT2D eigenvalue weighted by Crippen LogP contribution is -2.42. The van der Waals surface area contributed by atoms with Crippen molar-refractivity contribution in [1.82, 2.24) is 10.2 Å². The number of carbonyl (C=O) groups excluding carboxylic acids is 2. The van der Waals surface area contributed by atoms with Crippen LogP contribution in [0.2, 0.25) is 0 Å². The quantitative estimate of drug-likeness (QED) is 0.740. The lowest BCUT2D eigenvalue weighted by atomic mass is 10.1. The highest BCUT2D eigenvalue weighted by molar-refractivity contribution is 5.85. The number of carbonyl (C=O) groups is 3. The van der Waals surface area contributed by atoms with Gasteiger partial charge in [-0.15, -0.1) is 0 Å². The normalized spacial score (nSPS) is 17.7. The molecule has 1 fully saturated rings. The molecule has 0 spiro atoms. The number of rotatable bonds is 6. The van der Waals surface area contributed by atoms with Gasteiger partial charge in [0.15, 0.2) is 0 Å². The smallest absolute Gasteiger partial charge is 0.308 e. The van der Waals surface area contributed by atoms with Crippen LogP contribution in [-0.4, -0.2) is 47.4 Å². The van der Waals surface area contributed by atoms with Gasteiger partial charge in [-0.25, -0.2) is 0 Å². The van der Waals surface area contributed by atoms with Crippen LogP contribution >= 0.6 is 0 Å². The maximum atomic E-state index is 11.7. The minimum absolute atomic E-state index is 0.0120. The Balaban J connectivity index is 2.37. The number of nitrogens with one attached hydrogen (secondary N) is 1. The molecule has 1 unspecified atom stereocenters. The minimum Gasteiger partial charge on any atom is -0.481 e. The van der Waals surface area contributed by atoms with Crippen LogP contribution in [0.4, 0.5) is 0 Å². The lowest BCUT2D eigenvalue weighted by Gasteiger charge is -2.20. The first kappa shape index (κ1) is 15.5. The van der Waals surface area contributed by atoms with Crippen molar-refractivity contribution in [3.05, 3.63) is 0 Å². The second kappa shape index (κ2) is 7.76. The molecule has 0 aromatic heterocycles. The molecule has 1 atom stereocenters. The van der Waals surface area contributed by atoms with E-state index in [4.69, 9.17) is 5.11 Å². The molecule has 0 aromatic rings. The highest BCUT2D eigenvalue weighted by atomic mass is 16.4. The molecule has 108 valence electrons. The van der Waals surface area contributed by atoms with Crippen molar-refractivity contribution in [2.24, 2.45) is 5.92 Å². The zero-order valence-corrected chi connectivity index (χ0v) is 11.4. The molecule has 1 aliphatic heterocycles. The lowest BCUT2D eigenvalue weighted by molar-refractivity contribution is -0.142. The Morgan fingerprint density at radius 3 is 2.74 bits per heavy atom. The van der Waals surface area contributed by atoms with Crippen molar-refractivity contribution >= 4 is 17.8 Å². The fourth-order valence-electron chi connectivity index (χ4n) is 2.08. The highest BCUT2D eigenvalue weighted by Gasteiger charge is 2.20. The molecular weight excluding hydrogens is 248 g/mol. The maximum absolute atomic E-state index is 11.7. The van der Waals surface area contributed by atoms with Crippen molar-refractivity contribution in [1.29, 1.82) is 0 Å². The number of carboxylic acids is 1. The third kappa shape index (κ3) is 5.28. The van der Waals surface area contributed by atoms with Gasteiger partial charge in [0, 0.05) is 19.5 Å². The van der Waals surface area contributed by atoms with Gasteiger partial charge in [-0.05, 0) is 19.3 Å². The summed E-state index contributed by atoms with van der Waals surface area (Å²) in [5.41, 5.74) is 0. The third-order valence-electron chi connectivity index (χ3n) is 3.39. The van der Waals surface area contributed by atoms with Gasteiger partial charge in [0.25, 0.3) is 0 Å². The largest absolute Gasteiger partial charge is 0.481 e. The van der Waals surface area contributed by atoms with Crippen LogP contribution < -0.4 is 5.32 Å². The van der Waals surface area contributed by atoms with Crippen LogP contribution in [0.5, 0.6) is 0 Å². The number of aliphatic carboxylic acids is 1. The number of carboxylic acid groups (broad SMARTS) is 1. The summed E-state index contributed by atoms with van der Waals surface area (Å²) >= 11 is 0. The summed E-state index contributed by atoms with van der Waals surface area (Å²) in [6.07, 6.45) is 3.79. The fraction of sp³-hybridized carbons (Fsp3) is 0.769. The predicted octanol–water partition coefficient (Wildman–Crippen LogP) is 0.616.